The molecule has 4 rings (SSSR count). The van der Waals surface area contributed by atoms with Crippen LogP contribution in [0.4, 0.5) is 5.69 Å². The van der Waals surface area contributed by atoms with Crippen LogP contribution in [0.15, 0.2) is 47.4 Å². The van der Waals surface area contributed by atoms with Gasteiger partial charge in [0.05, 0.1) is 28.8 Å². The van der Waals surface area contributed by atoms with E-state index in [0.29, 0.717) is 24.3 Å². The average molecular weight is 458 g/mol. The Bertz CT molecular complexity index is 1180. The first-order valence-electron chi connectivity index (χ1n) is 10.1. The predicted octanol–water partition coefficient (Wildman–Crippen LogP) is 1.96. The number of ether oxygens (including phenoxy) is 1. The summed E-state index contributed by atoms with van der Waals surface area (Å²) in [6.45, 7) is 0.416. The van der Waals surface area contributed by atoms with Gasteiger partial charge in [0.1, 0.15) is 5.75 Å². The fraction of sp³-hybridized carbons (Fsp3) is 0.318. The third-order valence-corrected chi connectivity index (χ3v) is 7.81. The van der Waals surface area contributed by atoms with E-state index in [-0.39, 0.29) is 35.0 Å². The first kappa shape index (κ1) is 22.0. The van der Waals surface area contributed by atoms with E-state index in [1.807, 2.05) is 0 Å². The van der Waals surface area contributed by atoms with Gasteiger partial charge in [0, 0.05) is 26.1 Å². The minimum Gasteiger partial charge on any atom is -0.497 e. The molecule has 168 valence electrons. The number of hydrogen-bond acceptors (Lipinski definition) is 6. The average Bonchev–Trinajstić information content (AvgIpc) is 3.04. The van der Waals surface area contributed by atoms with Crippen LogP contribution in [-0.2, 0) is 14.8 Å². The summed E-state index contributed by atoms with van der Waals surface area (Å²) in [5.74, 6) is -0.995. The van der Waals surface area contributed by atoms with E-state index in [9.17, 15) is 22.8 Å². The largest absolute Gasteiger partial charge is 0.497 e. The van der Waals surface area contributed by atoms with Crippen LogP contribution in [0.25, 0.3) is 0 Å². The SMILES string of the molecule is COc1ccc(S(=O)(=O)N2CCC(C(=O)Nc3cccc4c3C(=O)N(C)C4=O)CC2)cc1. The molecule has 0 spiro atoms. The lowest BCUT2D eigenvalue weighted by atomic mass is 9.96. The number of nitrogens with zero attached hydrogens (tertiary/aromatic N) is 2. The molecule has 0 unspecified atom stereocenters. The van der Waals surface area contributed by atoms with E-state index in [1.165, 1.54) is 30.6 Å². The molecule has 0 aromatic heterocycles. The normalized spacial score (nSPS) is 17.4. The van der Waals surface area contributed by atoms with Crippen LogP contribution in [0.1, 0.15) is 33.6 Å². The lowest BCUT2D eigenvalue weighted by Crippen LogP contribution is -2.41. The summed E-state index contributed by atoms with van der Waals surface area (Å²) in [4.78, 5) is 38.6. The number of carbonyl (C=O) groups excluding carboxylic acids is 3. The molecule has 0 saturated carbocycles. The van der Waals surface area contributed by atoms with Crippen molar-refractivity contribution in [1.29, 1.82) is 0 Å². The number of fused-ring (bicyclic) bond motifs is 1. The molecule has 0 bridgehead atoms. The molecule has 2 aromatic carbocycles. The van der Waals surface area contributed by atoms with Crippen molar-refractivity contribution in [3.63, 3.8) is 0 Å². The summed E-state index contributed by atoms with van der Waals surface area (Å²) in [6.07, 6.45) is 0.700. The maximum atomic E-state index is 12.9. The standard InChI is InChI=1S/C22H23N3O6S/c1-24-21(27)17-4-3-5-18(19(17)22(24)28)23-20(26)14-10-12-25(13-11-14)32(29,30)16-8-6-15(31-2)7-9-16/h3-9,14H,10-13H2,1-2H3,(H,23,26). The molecule has 0 aliphatic carbocycles. The van der Waals surface area contributed by atoms with E-state index >= 15 is 0 Å². The van der Waals surface area contributed by atoms with Crippen molar-refractivity contribution in [1.82, 2.24) is 9.21 Å². The van der Waals surface area contributed by atoms with E-state index in [0.717, 1.165) is 4.90 Å². The Morgan fingerprint density at radius 3 is 2.31 bits per heavy atom. The number of anilines is 1. The zero-order valence-electron chi connectivity index (χ0n) is 17.7. The zero-order valence-corrected chi connectivity index (χ0v) is 18.5. The van der Waals surface area contributed by atoms with Crippen LogP contribution >= 0.6 is 0 Å². The van der Waals surface area contributed by atoms with Crippen LogP contribution in [0.2, 0.25) is 0 Å². The number of hydrogen-bond donors (Lipinski definition) is 1. The maximum Gasteiger partial charge on any atom is 0.263 e. The number of imide groups is 1. The molecule has 1 saturated heterocycles. The van der Waals surface area contributed by atoms with Gasteiger partial charge in [0.2, 0.25) is 15.9 Å². The van der Waals surface area contributed by atoms with Crippen LogP contribution in [0, 0.1) is 5.92 Å². The molecule has 9 nitrogen and oxygen atoms in total. The van der Waals surface area contributed by atoms with Gasteiger partial charge in [-0.1, -0.05) is 6.07 Å². The van der Waals surface area contributed by atoms with Gasteiger partial charge in [-0.2, -0.15) is 4.31 Å². The molecule has 1 fully saturated rings. The molecule has 10 heteroatoms. The highest BCUT2D eigenvalue weighted by Crippen LogP contribution is 2.30. The van der Waals surface area contributed by atoms with Crippen molar-refractivity contribution >= 4 is 33.4 Å². The number of methoxy groups -OCH3 is 1. The second-order valence-corrected chi connectivity index (χ2v) is 9.68. The van der Waals surface area contributed by atoms with Gasteiger partial charge in [0.15, 0.2) is 0 Å². The molecule has 2 aliphatic heterocycles. The molecule has 0 radical (unpaired) electrons. The van der Waals surface area contributed by atoms with Crippen LogP contribution in [-0.4, -0.2) is 62.6 Å². The third-order valence-electron chi connectivity index (χ3n) is 5.90. The van der Waals surface area contributed by atoms with E-state index in [4.69, 9.17) is 4.74 Å². The molecular weight excluding hydrogens is 434 g/mol. The molecule has 3 amide bonds. The molecule has 0 atom stereocenters. The second-order valence-electron chi connectivity index (χ2n) is 7.74. The Labute approximate surface area is 186 Å². The summed E-state index contributed by atoms with van der Waals surface area (Å²) in [5.41, 5.74) is 0.743. The smallest absolute Gasteiger partial charge is 0.263 e. The van der Waals surface area contributed by atoms with Crippen LogP contribution in [0.3, 0.4) is 0 Å². The molecular formula is C22H23N3O6S. The Morgan fingerprint density at radius 1 is 1.03 bits per heavy atom. The minimum atomic E-state index is -3.66. The lowest BCUT2D eigenvalue weighted by molar-refractivity contribution is -0.120. The Hall–Kier alpha value is -3.24. The van der Waals surface area contributed by atoms with Gasteiger partial charge in [-0.15, -0.1) is 0 Å². The Morgan fingerprint density at radius 2 is 1.69 bits per heavy atom. The Balaban J connectivity index is 1.43. The summed E-state index contributed by atoms with van der Waals surface area (Å²) < 4.78 is 32.2. The summed E-state index contributed by atoms with van der Waals surface area (Å²) in [6, 6.07) is 10.9. The van der Waals surface area contributed by atoms with Gasteiger partial charge in [0.25, 0.3) is 11.8 Å². The first-order chi connectivity index (χ1) is 15.2. The number of amides is 3. The van der Waals surface area contributed by atoms with Crippen molar-refractivity contribution in [2.75, 3.05) is 32.6 Å². The van der Waals surface area contributed by atoms with Gasteiger partial charge < -0.3 is 10.1 Å². The second kappa shape index (κ2) is 8.36. The van der Waals surface area contributed by atoms with Gasteiger partial charge in [-0.3, -0.25) is 19.3 Å². The van der Waals surface area contributed by atoms with Crippen molar-refractivity contribution in [2.24, 2.45) is 5.92 Å². The van der Waals surface area contributed by atoms with Gasteiger partial charge in [-0.25, -0.2) is 8.42 Å². The molecule has 2 aliphatic rings. The quantitative estimate of drug-likeness (QED) is 0.687. The Kier molecular flexibility index (Phi) is 5.74. The summed E-state index contributed by atoms with van der Waals surface area (Å²) in [7, 11) is -0.757. The third kappa shape index (κ3) is 3.76. The number of nitrogens with one attached hydrogen (secondary N) is 1. The number of sulfonamides is 1. The minimum absolute atomic E-state index is 0.174. The summed E-state index contributed by atoms with van der Waals surface area (Å²) >= 11 is 0. The topological polar surface area (TPSA) is 113 Å². The number of rotatable bonds is 5. The van der Waals surface area contributed by atoms with Gasteiger partial charge in [-0.05, 0) is 49.2 Å². The lowest BCUT2D eigenvalue weighted by Gasteiger charge is -2.30. The van der Waals surface area contributed by atoms with E-state index < -0.39 is 27.8 Å². The zero-order chi connectivity index (χ0) is 23.0. The van der Waals surface area contributed by atoms with Crippen molar-refractivity contribution in [3.8, 4) is 5.75 Å². The molecule has 2 aromatic rings. The fourth-order valence-corrected chi connectivity index (χ4v) is 5.47. The van der Waals surface area contributed by atoms with Crippen molar-refractivity contribution in [2.45, 2.75) is 17.7 Å². The van der Waals surface area contributed by atoms with Crippen molar-refractivity contribution in [3.05, 3.63) is 53.6 Å². The highest BCUT2D eigenvalue weighted by Gasteiger charge is 2.36. The number of piperidine rings is 1. The predicted molar refractivity (Wildman–Crippen MR) is 116 cm³/mol. The highest BCUT2D eigenvalue weighted by atomic mass is 32.2. The molecule has 2 heterocycles. The summed E-state index contributed by atoms with van der Waals surface area (Å²) in [5, 5.41) is 2.76. The van der Waals surface area contributed by atoms with E-state index in [1.54, 1.807) is 30.3 Å². The molecule has 1 N–H and O–H groups in total. The monoisotopic (exact) mass is 457 g/mol. The number of benzene rings is 2. The maximum absolute atomic E-state index is 12.9. The first-order valence-corrected chi connectivity index (χ1v) is 11.6. The van der Waals surface area contributed by atoms with E-state index in [2.05, 4.69) is 5.32 Å². The van der Waals surface area contributed by atoms with Crippen LogP contribution in [0.5, 0.6) is 5.75 Å². The van der Waals surface area contributed by atoms with Gasteiger partial charge >= 0.3 is 0 Å². The van der Waals surface area contributed by atoms with Crippen molar-refractivity contribution < 1.29 is 27.5 Å². The molecule has 32 heavy (non-hydrogen) atoms. The number of carbonyl (C=O) groups is 3. The van der Waals surface area contributed by atoms with Crippen LogP contribution < -0.4 is 10.1 Å². The highest BCUT2D eigenvalue weighted by molar-refractivity contribution is 7.89. The fourth-order valence-electron chi connectivity index (χ4n) is 4.00.